The van der Waals surface area contributed by atoms with Crippen molar-refractivity contribution in [3.63, 3.8) is 0 Å². The third kappa shape index (κ3) is 3.32. The highest BCUT2D eigenvalue weighted by Gasteiger charge is 2.27. The molecule has 0 bridgehead atoms. The predicted octanol–water partition coefficient (Wildman–Crippen LogP) is 1.08. The number of ether oxygens (including phenoxy) is 2. The van der Waals surface area contributed by atoms with Gasteiger partial charge in [-0.25, -0.2) is 14.3 Å². The largest absolute Gasteiger partial charge is 0.464 e. The molecule has 2 N–H and O–H groups in total. The average Bonchev–Trinajstić information content (AvgIpc) is 2.88. The minimum absolute atomic E-state index is 0.00468. The summed E-state index contributed by atoms with van der Waals surface area (Å²) < 4.78 is 11.2. The van der Waals surface area contributed by atoms with Crippen LogP contribution < -0.4 is 5.73 Å². The normalized spacial score (nSPS) is 17.2. The lowest BCUT2D eigenvalue weighted by atomic mass is 9.98. The van der Waals surface area contributed by atoms with Gasteiger partial charge < -0.3 is 15.2 Å². The summed E-state index contributed by atoms with van der Waals surface area (Å²) in [5, 5.41) is 7.38. The van der Waals surface area contributed by atoms with E-state index in [-0.39, 0.29) is 17.6 Å². The first kappa shape index (κ1) is 15.3. The van der Waals surface area contributed by atoms with E-state index in [4.69, 9.17) is 10.5 Å². The molecule has 1 saturated carbocycles. The van der Waals surface area contributed by atoms with Gasteiger partial charge in [0.1, 0.15) is 6.10 Å². The van der Waals surface area contributed by atoms with E-state index in [1.807, 2.05) is 0 Å². The summed E-state index contributed by atoms with van der Waals surface area (Å²) in [6.07, 6.45) is 5.06. The Morgan fingerprint density at radius 1 is 1.33 bits per heavy atom. The maximum atomic E-state index is 12.1. The van der Waals surface area contributed by atoms with E-state index >= 15 is 0 Å². The Morgan fingerprint density at radius 3 is 2.62 bits per heavy atom. The minimum Gasteiger partial charge on any atom is -0.464 e. The van der Waals surface area contributed by atoms with Gasteiger partial charge in [0.2, 0.25) is 5.69 Å². The Kier molecular flexibility index (Phi) is 4.77. The fourth-order valence-electron chi connectivity index (χ4n) is 2.37. The molecule has 8 nitrogen and oxygen atoms in total. The molecule has 1 aliphatic carbocycles. The third-order valence-electron chi connectivity index (χ3n) is 3.65. The fraction of sp³-hybridized carbons (Fsp3) is 0.692. The van der Waals surface area contributed by atoms with E-state index in [2.05, 4.69) is 15.0 Å². The van der Waals surface area contributed by atoms with Crippen molar-refractivity contribution < 1.29 is 19.1 Å². The number of hydrogen-bond donors (Lipinski definition) is 1. The van der Waals surface area contributed by atoms with Crippen LogP contribution in [0.2, 0.25) is 0 Å². The molecule has 0 amide bonds. The highest BCUT2D eigenvalue weighted by molar-refractivity contribution is 5.92. The van der Waals surface area contributed by atoms with Gasteiger partial charge in [-0.3, -0.25) is 0 Å². The lowest BCUT2D eigenvalue weighted by molar-refractivity contribution is -0.154. The van der Waals surface area contributed by atoms with Gasteiger partial charge in [-0.1, -0.05) is 11.6 Å². The van der Waals surface area contributed by atoms with Gasteiger partial charge in [0.05, 0.1) is 7.11 Å². The molecule has 0 aliphatic heterocycles. The third-order valence-corrected chi connectivity index (χ3v) is 3.65. The summed E-state index contributed by atoms with van der Waals surface area (Å²) in [4.78, 5) is 23.6. The number of carbonyl (C=O) groups excluding carboxylic acids is 2. The van der Waals surface area contributed by atoms with E-state index in [0.717, 1.165) is 25.7 Å². The molecule has 1 fully saturated rings. The molecule has 1 unspecified atom stereocenters. The van der Waals surface area contributed by atoms with Gasteiger partial charge in [-0.05, 0) is 32.6 Å². The minimum atomic E-state index is -0.738. The van der Waals surface area contributed by atoms with E-state index in [1.165, 1.54) is 18.2 Å². The van der Waals surface area contributed by atoms with Gasteiger partial charge in [0, 0.05) is 0 Å². The lowest BCUT2D eigenvalue weighted by Gasteiger charge is -2.23. The molecule has 21 heavy (non-hydrogen) atoms. The van der Waals surface area contributed by atoms with Crippen molar-refractivity contribution in [2.45, 2.75) is 51.2 Å². The van der Waals surface area contributed by atoms with Crippen molar-refractivity contribution in [1.29, 1.82) is 0 Å². The fourth-order valence-corrected chi connectivity index (χ4v) is 2.37. The van der Waals surface area contributed by atoms with Gasteiger partial charge in [0.15, 0.2) is 11.9 Å². The number of nitrogens with zero attached hydrogens (tertiary/aromatic N) is 3. The number of carbonyl (C=O) groups is 2. The van der Waals surface area contributed by atoms with E-state index in [0.29, 0.717) is 0 Å². The zero-order valence-electron chi connectivity index (χ0n) is 12.2. The molecule has 1 heterocycles. The summed E-state index contributed by atoms with van der Waals surface area (Å²) in [6, 6.07) is -0.738. The number of methoxy groups -OCH3 is 1. The zero-order valence-corrected chi connectivity index (χ0v) is 12.2. The SMILES string of the molecule is COC(=O)c1nnn(C(C)C(=O)OC2CCCCC2)c1N. The summed E-state index contributed by atoms with van der Waals surface area (Å²) in [7, 11) is 1.22. The van der Waals surface area contributed by atoms with Gasteiger partial charge >= 0.3 is 11.9 Å². The summed E-state index contributed by atoms with van der Waals surface area (Å²) >= 11 is 0. The number of hydrogen-bond acceptors (Lipinski definition) is 7. The molecule has 1 aliphatic rings. The van der Waals surface area contributed by atoms with Crippen molar-refractivity contribution >= 4 is 17.8 Å². The van der Waals surface area contributed by atoms with Gasteiger partial charge in [0.25, 0.3) is 0 Å². The molecule has 1 aromatic rings. The number of nitrogen functional groups attached to an aromatic ring is 1. The Hall–Kier alpha value is -2.12. The van der Waals surface area contributed by atoms with Crippen molar-refractivity contribution in [3.8, 4) is 0 Å². The maximum Gasteiger partial charge on any atom is 0.362 e. The molecule has 2 rings (SSSR count). The lowest BCUT2D eigenvalue weighted by Crippen LogP contribution is -2.27. The molecular formula is C13H20N4O4. The highest BCUT2D eigenvalue weighted by atomic mass is 16.5. The smallest absolute Gasteiger partial charge is 0.362 e. The molecule has 0 saturated heterocycles. The molecule has 0 spiro atoms. The molecular weight excluding hydrogens is 276 g/mol. The first-order chi connectivity index (χ1) is 10.0. The summed E-state index contributed by atoms with van der Waals surface area (Å²) in [5.41, 5.74) is 5.68. The van der Waals surface area contributed by atoms with Crippen molar-refractivity contribution in [1.82, 2.24) is 15.0 Å². The van der Waals surface area contributed by atoms with Crippen LogP contribution in [0.15, 0.2) is 0 Å². The van der Waals surface area contributed by atoms with Crippen LogP contribution in [0.1, 0.15) is 55.6 Å². The molecule has 116 valence electrons. The Bertz CT molecular complexity index is 522. The number of anilines is 1. The number of rotatable bonds is 4. The average molecular weight is 296 g/mol. The van der Waals surface area contributed by atoms with Crippen LogP contribution in [0.3, 0.4) is 0 Å². The quantitative estimate of drug-likeness (QED) is 0.828. The zero-order chi connectivity index (χ0) is 15.4. The van der Waals surface area contributed by atoms with Crippen LogP contribution in [0.4, 0.5) is 5.82 Å². The number of aromatic nitrogens is 3. The molecule has 0 radical (unpaired) electrons. The second-order valence-corrected chi connectivity index (χ2v) is 5.13. The Balaban J connectivity index is 2.05. The van der Waals surface area contributed by atoms with Crippen LogP contribution in [-0.4, -0.2) is 40.1 Å². The van der Waals surface area contributed by atoms with Crippen LogP contribution in [0.25, 0.3) is 0 Å². The topological polar surface area (TPSA) is 109 Å². The first-order valence-electron chi connectivity index (χ1n) is 7.04. The van der Waals surface area contributed by atoms with Gasteiger partial charge in [-0.2, -0.15) is 0 Å². The van der Waals surface area contributed by atoms with E-state index < -0.39 is 18.0 Å². The van der Waals surface area contributed by atoms with Crippen LogP contribution in [0.5, 0.6) is 0 Å². The molecule has 8 heteroatoms. The summed E-state index contributed by atoms with van der Waals surface area (Å²) in [5.74, 6) is -1.11. The highest BCUT2D eigenvalue weighted by Crippen LogP contribution is 2.23. The van der Waals surface area contributed by atoms with Crippen LogP contribution >= 0.6 is 0 Å². The van der Waals surface area contributed by atoms with Crippen LogP contribution in [0, 0.1) is 0 Å². The van der Waals surface area contributed by atoms with E-state index in [9.17, 15) is 9.59 Å². The first-order valence-corrected chi connectivity index (χ1v) is 7.04. The number of esters is 2. The van der Waals surface area contributed by atoms with Crippen molar-refractivity contribution in [2.24, 2.45) is 0 Å². The van der Waals surface area contributed by atoms with E-state index in [1.54, 1.807) is 6.92 Å². The maximum absolute atomic E-state index is 12.1. The monoisotopic (exact) mass is 296 g/mol. The van der Waals surface area contributed by atoms with Gasteiger partial charge in [-0.15, -0.1) is 5.10 Å². The van der Waals surface area contributed by atoms with Crippen molar-refractivity contribution in [3.05, 3.63) is 5.69 Å². The Labute approximate surface area is 122 Å². The number of nitrogens with two attached hydrogens (primary N) is 1. The molecule has 0 aromatic carbocycles. The summed E-state index contributed by atoms with van der Waals surface area (Å²) in [6.45, 7) is 1.61. The standard InChI is InChI=1S/C13H20N4O4/c1-8(12(18)21-9-6-4-3-5-7-9)17-11(14)10(15-16-17)13(19)20-2/h8-9H,3-7,14H2,1-2H3. The Morgan fingerprint density at radius 2 is 2.00 bits per heavy atom. The van der Waals surface area contributed by atoms with Crippen molar-refractivity contribution in [2.75, 3.05) is 12.8 Å². The van der Waals surface area contributed by atoms with Crippen LogP contribution in [-0.2, 0) is 14.3 Å². The predicted molar refractivity (Wildman–Crippen MR) is 73.4 cm³/mol. The second-order valence-electron chi connectivity index (χ2n) is 5.13. The molecule has 1 atom stereocenters. The molecule has 1 aromatic heterocycles. The second kappa shape index (κ2) is 6.55.